The van der Waals surface area contributed by atoms with Crippen LogP contribution in [0.1, 0.15) is 27.0 Å². The third-order valence-corrected chi connectivity index (χ3v) is 5.38. The lowest BCUT2D eigenvalue weighted by molar-refractivity contribution is 0.0860. The molecule has 0 saturated heterocycles. The summed E-state index contributed by atoms with van der Waals surface area (Å²) in [6, 6.07) is 13.6. The predicted octanol–water partition coefficient (Wildman–Crippen LogP) is 4.70. The molecule has 0 fully saturated rings. The molecule has 0 atom stereocenters. The highest BCUT2D eigenvalue weighted by Gasteiger charge is 2.25. The number of amidine groups is 1. The van der Waals surface area contributed by atoms with Gasteiger partial charge in [0.1, 0.15) is 0 Å². The van der Waals surface area contributed by atoms with Crippen molar-refractivity contribution in [3.05, 3.63) is 69.7 Å². The minimum absolute atomic E-state index is 0.0212. The van der Waals surface area contributed by atoms with E-state index in [-0.39, 0.29) is 5.91 Å². The van der Waals surface area contributed by atoms with Crippen LogP contribution in [-0.2, 0) is 5.75 Å². The SMILES string of the molecule is Cc1ccc(C(=O)N2CCN=C2SCc2cccc(Cl)c2)cc1C. The van der Waals surface area contributed by atoms with Gasteiger partial charge in [-0.15, -0.1) is 0 Å². The largest absolute Gasteiger partial charge is 0.286 e. The van der Waals surface area contributed by atoms with Gasteiger partial charge < -0.3 is 0 Å². The zero-order valence-corrected chi connectivity index (χ0v) is 15.3. The lowest BCUT2D eigenvalue weighted by Crippen LogP contribution is -2.32. The van der Waals surface area contributed by atoms with Crippen molar-refractivity contribution < 1.29 is 4.79 Å². The van der Waals surface area contributed by atoms with Crippen LogP contribution in [0.25, 0.3) is 0 Å². The number of aryl methyl sites for hydroxylation is 2. The Morgan fingerprint density at radius 1 is 1.21 bits per heavy atom. The summed E-state index contributed by atoms with van der Waals surface area (Å²) < 4.78 is 0. The van der Waals surface area contributed by atoms with Gasteiger partial charge in [-0.3, -0.25) is 14.7 Å². The molecular formula is C19H19ClN2OS. The topological polar surface area (TPSA) is 32.7 Å². The highest BCUT2D eigenvalue weighted by atomic mass is 35.5. The zero-order valence-electron chi connectivity index (χ0n) is 13.8. The molecule has 1 heterocycles. The van der Waals surface area contributed by atoms with Crippen LogP contribution in [-0.4, -0.2) is 29.1 Å². The average molecular weight is 359 g/mol. The van der Waals surface area contributed by atoms with E-state index in [1.54, 1.807) is 16.7 Å². The Hall–Kier alpha value is -1.78. The summed E-state index contributed by atoms with van der Waals surface area (Å²) in [4.78, 5) is 19.1. The fraction of sp³-hybridized carbons (Fsp3) is 0.263. The van der Waals surface area contributed by atoms with Gasteiger partial charge in [0.15, 0.2) is 5.17 Å². The number of amides is 1. The van der Waals surface area contributed by atoms with Crippen molar-refractivity contribution in [2.75, 3.05) is 13.1 Å². The number of hydrogen-bond acceptors (Lipinski definition) is 3. The summed E-state index contributed by atoms with van der Waals surface area (Å²) in [5.41, 5.74) is 4.17. The quantitative estimate of drug-likeness (QED) is 0.796. The first kappa shape index (κ1) is 17.1. The Morgan fingerprint density at radius 2 is 2.04 bits per heavy atom. The van der Waals surface area contributed by atoms with Crippen molar-refractivity contribution in [3.63, 3.8) is 0 Å². The molecule has 0 bridgehead atoms. The maximum absolute atomic E-state index is 12.8. The van der Waals surface area contributed by atoms with Gasteiger partial charge >= 0.3 is 0 Å². The molecule has 0 N–H and O–H groups in total. The molecule has 0 saturated carbocycles. The highest BCUT2D eigenvalue weighted by Crippen LogP contribution is 2.23. The van der Waals surface area contributed by atoms with Crippen molar-refractivity contribution >= 4 is 34.4 Å². The van der Waals surface area contributed by atoms with E-state index in [4.69, 9.17) is 11.6 Å². The van der Waals surface area contributed by atoms with Crippen LogP contribution in [0.15, 0.2) is 47.5 Å². The second kappa shape index (κ2) is 7.41. The van der Waals surface area contributed by atoms with Gasteiger partial charge in [-0.05, 0) is 54.8 Å². The Kier molecular flexibility index (Phi) is 5.27. The Balaban J connectivity index is 1.70. The number of aliphatic imine (C=N–C) groups is 1. The van der Waals surface area contributed by atoms with E-state index in [0.717, 1.165) is 32.6 Å². The first-order valence-electron chi connectivity index (χ1n) is 7.85. The second-order valence-corrected chi connectivity index (χ2v) is 7.22. The van der Waals surface area contributed by atoms with Crippen molar-refractivity contribution in [1.29, 1.82) is 0 Å². The summed E-state index contributed by atoms with van der Waals surface area (Å²) in [6.07, 6.45) is 0. The van der Waals surface area contributed by atoms with E-state index < -0.39 is 0 Å². The van der Waals surface area contributed by atoms with E-state index in [2.05, 4.69) is 4.99 Å². The number of halogens is 1. The van der Waals surface area contributed by atoms with E-state index in [1.165, 1.54) is 5.56 Å². The lowest BCUT2D eigenvalue weighted by atomic mass is 10.1. The monoisotopic (exact) mass is 358 g/mol. The van der Waals surface area contributed by atoms with E-state index in [0.29, 0.717) is 13.1 Å². The van der Waals surface area contributed by atoms with Crippen molar-refractivity contribution in [2.45, 2.75) is 19.6 Å². The summed E-state index contributed by atoms with van der Waals surface area (Å²) >= 11 is 7.60. The molecule has 0 spiro atoms. The van der Waals surface area contributed by atoms with E-state index in [9.17, 15) is 4.79 Å². The number of nitrogens with zero attached hydrogens (tertiary/aromatic N) is 2. The van der Waals surface area contributed by atoms with Gasteiger partial charge in [-0.1, -0.05) is 41.6 Å². The fourth-order valence-electron chi connectivity index (χ4n) is 2.54. The molecule has 124 valence electrons. The molecule has 1 amide bonds. The molecule has 0 unspecified atom stereocenters. The third kappa shape index (κ3) is 3.82. The van der Waals surface area contributed by atoms with Gasteiger partial charge in [-0.2, -0.15) is 0 Å². The smallest absolute Gasteiger partial charge is 0.259 e. The van der Waals surface area contributed by atoms with Crippen LogP contribution in [0.5, 0.6) is 0 Å². The standard InChI is InChI=1S/C19H19ClN2OS/c1-13-6-7-16(10-14(13)2)18(23)22-9-8-21-19(22)24-12-15-4-3-5-17(20)11-15/h3-7,10-11H,8-9,12H2,1-2H3. The summed E-state index contributed by atoms with van der Waals surface area (Å²) in [6.45, 7) is 5.38. The Labute approximate surface area is 151 Å². The zero-order chi connectivity index (χ0) is 17.1. The van der Waals surface area contributed by atoms with E-state index >= 15 is 0 Å². The second-order valence-electron chi connectivity index (χ2n) is 5.84. The Bertz CT molecular complexity index is 804. The van der Waals surface area contributed by atoms with Crippen LogP contribution in [0.2, 0.25) is 5.02 Å². The van der Waals surface area contributed by atoms with Gasteiger partial charge in [0.05, 0.1) is 6.54 Å². The molecule has 1 aliphatic heterocycles. The summed E-state index contributed by atoms with van der Waals surface area (Å²) in [7, 11) is 0. The summed E-state index contributed by atoms with van der Waals surface area (Å²) in [5.74, 6) is 0.767. The minimum atomic E-state index is 0.0212. The van der Waals surface area contributed by atoms with Crippen LogP contribution >= 0.6 is 23.4 Å². The molecule has 2 aromatic rings. The van der Waals surface area contributed by atoms with Crippen molar-refractivity contribution in [1.82, 2.24) is 4.90 Å². The molecule has 3 rings (SSSR count). The molecule has 5 heteroatoms. The van der Waals surface area contributed by atoms with Gasteiger partial charge in [0.2, 0.25) is 0 Å². The molecule has 0 aliphatic carbocycles. The van der Waals surface area contributed by atoms with Crippen LogP contribution in [0.3, 0.4) is 0 Å². The molecule has 2 aromatic carbocycles. The number of rotatable bonds is 3. The highest BCUT2D eigenvalue weighted by molar-refractivity contribution is 8.13. The normalized spacial score (nSPS) is 14.0. The molecule has 1 aliphatic rings. The first-order chi connectivity index (χ1) is 11.5. The van der Waals surface area contributed by atoms with Crippen molar-refractivity contribution in [3.8, 4) is 0 Å². The lowest BCUT2D eigenvalue weighted by Gasteiger charge is -2.18. The molecule has 0 radical (unpaired) electrons. The number of hydrogen-bond donors (Lipinski definition) is 0. The van der Waals surface area contributed by atoms with Crippen LogP contribution < -0.4 is 0 Å². The van der Waals surface area contributed by atoms with Gasteiger partial charge in [-0.25, -0.2) is 0 Å². The van der Waals surface area contributed by atoms with Gasteiger partial charge in [0, 0.05) is 22.9 Å². The van der Waals surface area contributed by atoms with E-state index in [1.807, 2.05) is 56.3 Å². The summed E-state index contributed by atoms with van der Waals surface area (Å²) in [5, 5.41) is 1.52. The maximum atomic E-state index is 12.8. The number of carbonyl (C=O) groups is 1. The predicted molar refractivity (Wildman–Crippen MR) is 102 cm³/mol. The first-order valence-corrected chi connectivity index (χ1v) is 9.22. The molecule has 24 heavy (non-hydrogen) atoms. The molecular weight excluding hydrogens is 340 g/mol. The van der Waals surface area contributed by atoms with Crippen LogP contribution in [0, 0.1) is 13.8 Å². The van der Waals surface area contributed by atoms with Crippen LogP contribution in [0.4, 0.5) is 0 Å². The average Bonchev–Trinajstić information content (AvgIpc) is 3.03. The Morgan fingerprint density at radius 3 is 2.79 bits per heavy atom. The van der Waals surface area contributed by atoms with Crippen molar-refractivity contribution in [2.24, 2.45) is 4.99 Å². The number of thioether (sulfide) groups is 1. The molecule has 0 aromatic heterocycles. The minimum Gasteiger partial charge on any atom is -0.286 e. The number of carbonyl (C=O) groups excluding carboxylic acids is 1. The van der Waals surface area contributed by atoms with Gasteiger partial charge in [0.25, 0.3) is 5.91 Å². The molecule has 3 nitrogen and oxygen atoms in total. The maximum Gasteiger partial charge on any atom is 0.259 e. The fourth-order valence-corrected chi connectivity index (χ4v) is 3.74. The third-order valence-electron chi connectivity index (χ3n) is 4.06. The number of benzene rings is 2.